The van der Waals surface area contributed by atoms with Gasteiger partial charge in [0.25, 0.3) is 5.69 Å². The van der Waals surface area contributed by atoms with Gasteiger partial charge in [0.05, 0.1) is 11.0 Å². The summed E-state index contributed by atoms with van der Waals surface area (Å²) in [6, 6.07) is 14.9. The van der Waals surface area contributed by atoms with Gasteiger partial charge in [-0.2, -0.15) is 0 Å². The van der Waals surface area contributed by atoms with Crippen molar-refractivity contribution in [1.29, 1.82) is 0 Å². The first-order valence-corrected chi connectivity index (χ1v) is 8.58. The van der Waals surface area contributed by atoms with Crippen LogP contribution in [0.5, 0.6) is 0 Å². The van der Waals surface area contributed by atoms with Crippen LogP contribution in [-0.2, 0) is 0 Å². The van der Waals surface area contributed by atoms with E-state index in [9.17, 15) is 15.2 Å². The minimum absolute atomic E-state index is 0.0229. The highest BCUT2D eigenvalue weighted by Gasteiger charge is 2.12. The molecule has 0 aliphatic heterocycles. The molecule has 0 amide bonds. The van der Waals surface area contributed by atoms with E-state index in [-0.39, 0.29) is 12.2 Å². The topological polar surface area (TPSA) is 101 Å². The summed E-state index contributed by atoms with van der Waals surface area (Å²) in [6.45, 7) is 2.05. The molecule has 3 rings (SSSR count). The summed E-state index contributed by atoms with van der Waals surface area (Å²) < 4.78 is 0. The lowest BCUT2D eigenvalue weighted by atomic mass is 10.1. The van der Waals surface area contributed by atoms with Gasteiger partial charge in [0, 0.05) is 41.0 Å². The van der Waals surface area contributed by atoms with Gasteiger partial charge < -0.3 is 10.4 Å². The second kappa shape index (κ2) is 8.11. The van der Waals surface area contributed by atoms with E-state index in [1.807, 2.05) is 6.92 Å². The number of aliphatic hydroxyl groups excluding tert-OH is 1. The van der Waals surface area contributed by atoms with Crippen LogP contribution in [0.2, 0.25) is 5.02 Å². The Bertz CT molecular complexity index is 963. The lowest BCUT2D eigenvalue weighted by molar-refractivity contribution is -0.384. The maximum atomic E-state index is 11.0. The van der Waals surface area contributed by atoms with Gasteiger partial charge in [-0.1, -0.05) is 35.9 Å². The molecule has 0 aliphatic carbocycles. The molecule has 27 heavy (non-hydrogen) atoms. The molecule has 1 aromatic heterocycles. The number of non-ortho nitro benzene ring substituents is 1. The number of nitrogens with zero attached hydrogens (tertiary/aromatic N) is 3. The summed E-state index contributed by atoms with van der Waals surface area (Å²) in [7, 11) is 0. The number of halogens is 1. The standard InChI is InChI=1S/C19H17ClN4O3/c1-12-9-18(21-11-17(25)13-5-7-15(20)8-6-13)23-19(22-12)14-3-2-4-16(10-14)24(26)27/h2-10,17,25H,11H2,1H3,(H,21,22,23)/t17-/m0/s1. The molecule has 0 radical (unpaired) electrons. The Morgan fingerprint density at radius 3 is 2.63 bits per heavy atom. The van der Waals surface area contributed by atoms with Crippen molar-refractivity contribution < 1.29 is 10.0 Å². The number of aryl methyl sites for hydroxylation is 1. The maximum Gasteiger partial charge on any atom is 0.270 e. The molecule has 0 bridgehead atoms. The lowest BCUT2D eigenvalue weighted by Crippen LogP contribution is -2.13. The molecule has 2 aromatic carbocycles. The Kier molecular flexibility index (Phi) is 5.63. The molecular formula is C19H17ClN4O3. The van der Waals surface area contributed by atoms with Gasteiger partial charge in [0.2, 0.25) is 0 Å². The fraction of sp³-hybridized carbons (Fsp3) is 0.158. The molecule has 1 heterocycles. The third-order valence-corrected chi connectivity index (χ3v) is 4.15. The zero-order valence-electron chi connectivity index (χ0n) is 14.5. The van der Waals surface area contributed by atoms with Crippen molar-refractivity contribution in [2.45, 2.75) is 13.0 Å². The molecular weight excluding hydrogens is 368 g/mol. The third-order valence-electron chi connectivity index (χ3n) is 3.90. The Morgan fingerprint density at radius 2 is 1.93 bits per heavy atom. The van der Waals surface area contributed by atoms with Gasteiger partial charge in [0.1, 0.15) is 5.82 Å². The van der Waals surface area contributed by atoms with Gasteiger partial charge in [-0.15, -0.1) is 0 Å². The molecule has 0 saturated carbocycles. The number of anilines is 1. The van der Waals surface area contributed by atoms with Gasteiger partial charge >= 0.3 is 0 Å². The second-order valence-corrected chi connectivity index (χ2v) is 6.41. The van der Waals surface area contributed by atoms with Crippen molar-refractivity contribution in [2.75, 3.05) is 11.9 Å². The van der Waals surface area contributed by atoms with Crippen molar-refractivity contribution >= 4 is 23.1 Å². The van der Waals surface area contributed by atoms with Crippen molar-refractivity contribution in [1.82, 2.24) is 9.97 Å². The number of nitro benzene ring substituents is 1. The molecule has 0 saturated heterocycles. The zero-order valence-corrected chi connectivity index (χ0v) is 15.2. The number of aromatic nitrogens is 2. The van der Waals surface area contributed by atoms with Crippen molar-refractivity contribution in [3.63, 3.8) is 0 Å². The quantitative estimate of drug-likeness (QED) is 0.488. The Morgan fingerprint density at radius 1 is 1.19 bits per heavy atom. The van der Waals surface area contributed by atoms with E-state index in [1.54, 1.807) is 42.5 Å². The minimum atomic E-state index is -0.737. The summed E-state index contributed by atoms with van der Waals surface area (Å²) in [6.07, 6.45) is -0.737. The van der Waals surface area contributed by atoms with E-state index < -0.39 is 11.0 Å². The third kappa shape index (κ3) is 4.78. The number of nitrogens with one attached hydrogen (secondary N) is 1. The van der Waals surface area contributed by atoms with Crippen LogP contribution in [0.25, 0.3) is 11.4 Å². The van der Waals surface area contributed by atoms with E-state index >= 15 is 0 Å². The molecule has 0 spiro atoms. The number of hydrogen-bond acceptors (Lipinski definition) is 6. The number of hydrogen-bond donors (Lipinski definition) is 2. The van der Waals surface area contributed by atoms with Crippen molar-refractivity contribution in [3.8, 4) is 11.4 Å². The summed E-state index contributed by atoms with van der Waals surface area (Å²) in [5.74, 6) is 0.902. The Balaban J connectivity index is 1.78. The average Bonchev–Trinajstić information content (AvgIpc) is 2.66. The second-order valence-electron chi connectivity index (χ2n) is 5.97. The largest absolute Gasteiger partial charge is 0.387 e. The van der Waals surface area contributed by atoms with Crippen molar-refractivity contribution in [3.05, 3.63) is 81.0 Å². The van der Waals surface area contributed by atoms with Crippen LogP contribution in [0.3, 0.4) is 0 Å². The number of aliphatic hydroxyl groups is 1. The molecule has 0 unspecified atom stereocenters. The van der Waals surface area contributed by atoms with Gasteiger partial charge in [0.15, 0.2) is 5.82 Å². The molecule has 7 nitrogen and oxygen atoms in total. The molecule has 138 valence electrons. The number of benzene rings is 2. The predicted molar refractivity (Wildman–Crippen MR) is 104 cm³/mol. The molecule has 0 aliphatic rings. The lowest BCUT2D eigenvalue weighted by Gasteiger charge is -2.14. The monoisotopic (exact) mass is 384 g/mol. The molecule has 1 atom stereocenters. The maximum absolute atomic E-state index is 11.0. The van der Waals surface area contributed by atoms with E-state index in [0.717, 1.165) is 5.56 Å². The van der Waals surface area contributed by atoms with Crippen LogP contribution in [0.4, 0.5) is 11.5 Å². The first-order chi connectivity index (χ1) is 12.9. The van der Waals surface area contributed by atoms with Crippen LogP contribution in [-0.4, -0.2) is 26.5 Å². The fourth-order valence-corrected chi connectivity index (χ4v) is 2.68. The highest BCUT2D eigenvalue weighted by molar-refractivity contribution is 6.30. The predicted octanol–water partition coefficient (Wildman–Crippen LogP) is 4.16. The summed E-state index contributed by atoms with van der Waals surface area (Å²) in [5, 5.41) is 25.0. The SMILES string of the molecule is Cc1cc(NC[C@H](O)c2ccc(Cl)cc2)nc(-c2cccc([N+](=O)[O-])c2)n1. The summed E-state index contributed by atoms with van der Waals surface area (Å²) >= 11 is 5.86. The van der Waals surface area contributed by atoms with E-state index in [1.165, 1.54) is 12.1 Å². The minimum Gasteiger partial charge on any atom is -0.387 e. The van der Waals surface area contributed by atoms with Crippen LogP contribution in [0.1, 0.15) is 17.4 Å². The highest BCUT2D eigenvalue weighted by atomic mass is 35.5. The first-order valence-electron chi connectivity index (χ1n) is 8.20. The van der Waals surface area contributed by atoms with Crippen LogP contribution in [0, 0.1) is 17.0 Å². The van der Waals surface area contributed by atoms with Crippen LogP contribution >= 0.6 is 11.6 Å². The van der Waals surface area contributed by atoms with Crippen LogP contribution in [0.15, 0.2) is 54.6 Å². The summed E-state index contributed by atoms with van der Waals surface area (Å²) in [4.78, 5) is 19.3. The fourth-order valence-electron chi connectivity index (χ4n) is 2.55. The normalized spacial score (nSPS) is 11.8. The number of rotatable bonds is 6. The Labute approximate surface area is 160 Å². The molecule has 0 fully saturated rings. The van der Waals surface area contributed by atoms with Gasteiger partial charge in [-0.25, -0.2) is 9.97 Å². The number of nitro groups is 1. The molecule has 3 aromatic rings. The highest BCUT2D eigenvalue weighted by Crippen LogP contribution is 2.23. The van der Waals surface area contributed by atoms with E-state index in [4.69, 9.17) is 11.6 Å². The van der Waals surface area contributed by atoms with Crippen LogP contribution < -0.4 is 5.32 Å². The average molecular weight is 385 g/mol. The first kappa shape index (κ1) is 18.8. The molecule has 2 N–H and O–H groups in total. The zero-order chi connectivity index (χ0) is 19.4. The summed E-state index contributed by atoms with van der Waals surface area (Å²) in [5.41, 5.74) is 1.96. The van der Waals surface area contributed by atoms with E-state index in [0.29, 0.717) is 27.9 Å². The van der Waals surface area contributed by atoms with Gasteiger partial charge in [-0.3, -0.25) is 10.1 Å². The molecule has 8 heteroatoms. The Hall–Kier alpha value is -3.03. The van der Waals surface area contributed by atoms with E-state index in [2.05, 4.69) is 15.3 Å². The van der Waals surface area contributed by atoms with Gasteiger partial charge in [-0.05, 0) is 24.6 Å². The van der Waals surface area contributed by atoms with Crippen molar-refractivity contribution in [2.24, 2.45) is 0 Å². The smallest absolute Gasteiger partial charge is 0.270 e.